The maximum absolute atomic E-state index is 11.7. The highest BCUT2D eigenvalue weighted by atomic mass is 16.2. The van der Waals surface area contributed by atoms with Crippen LogP contribution in [0.4, 0.5) is 0 Å². The van der Waals surface area contributed by atoms with Gasteiger partial charge in [0.1, 0.15) is 0 Å². The second kappa shape index (κ2) is 7.57. The second-order valence-corrected chi connectivity index (χ2v) is 4.65. The van der Waals surface area contributed by atoms with E-state index in [1.807, 2.05) is 44.4 Å². The smallest absolute Gasteiger partial charge is 0.237 e. The molecule has 0 radical (unpaired) electrons. The Morgan fingerprint density at radius 3 is 2.58 bits per heavy atom. The summed E-state index contributed by atoms with van der Waals surface area (Å²) in [6.07, 6.45) is 5.40. The van der Waals surface area contributed by atoms with Gasteiger partial charge < -0.3 is 16.0 Å². The maximum Gasteiger partial charge on any atom is 0.237 e. The molecule has 0 spiro atoms. The molecule has 0 saturated carbocycles. The number of likely N-dealkylation sites (N-methyl/N-ethyl adjacent to an activating group) is 1. The van der Waals surface area contributed by atoms with Gasteiger partial charge in [-0.3, -0.25) is 4.79 Å². The van der Waals surface area contributed by atoms with E-state index in [1.165, 1.54) is 0 Å². The first-order valence-corrected chi connectivity index (χ1v) is 6.24. The minimum absolute atomic E-state index is 0.114. The van der Waals surface area contributed by atoms with Crippen molar-refractivity contribution < 1.29 is 4.79 Å². The lowest BCUT2D eigenvalue weighted by Gasteiger charge is -2.25. The third-order valence-electron chi connectivity index (χ3n) is 2.95. The van der Waals surface area contributed by atoms with Crippen molar-refractivity contribution in [3.8, 4) is 12.3 Å². The number of terminal acetylenes is 1. The van der Waals surface area contributed by atoms with Crippen LogP contribution >= 0.6 is 0 Å². The molecule has 2 atom stereocenters. The van der Waals surface area contributed by atoms with Crippen molar-refractivity contribution in [2.24, 2.45) is 5.73 Å². The largest absolute Gasteiger partial charge is 0.353 e. The van der Waals surface area contributed by atoms with Crippen molar-refractivity contribution in [3.05, 3.63) is 35.9 Å². The topological polar surface area (TPSA) is 58.4 Å². The molecule has 3 N–H and O–H groups in total. The van der Waals surface area contributed by atoms with E-state index in [-0.39, 0.29) is 18.4 Å². The van der Waals surface area contributed by atoms with E-state index in [2.05, 4.69) is 16.1 Å². The van der Waals surface area contributed by atoms with Crippen LogP contribution in [0.25, 0.3) is 0 Å². The van der Waals surface area contributed by atoms with Crippen molar-refractivity contribution in [1.29, 1.82) is 0 Å². The van der Waals surface area contributed by atoms with Crippen LogP contribution in [0.3, 0.4) is 0 Å². The summed E-state index contributed by atoms with van der Waals surface area (Å²) in [4.78, 5) is 13.8. The molecular weight excluding hydrogens is 238 g/mol. The maximum atomic E-state index is 11.7. The molecule has 0 saturated heterocycles. The number of nitrogens with two attached hydrogens (primary N) is 1. The summed E-state index contributed by atoms with van der Waals surface area (Å²) in [6.45, 7) is 0.508. The van der Waals surface area contributed by atoms with Gasteiger partial charge in [-0.15, -0.1) is 12.3 Å². The van der Waals surface area contributed by atoms with Crippen LogP contribution in [0, 0.1) is 12.3 Å². The van der Waals surface area contributed by atoms with Crippen LogP contribution in [0.2, 0.25) is 0 Å². The number of hydrogen-bond acceptors (Lipinski definition) is 3. The van der Waals surface area contributed by atoms with Crippen molar-refractivity contribution in [3.63, 3.8) is 0 Å². The van der Waals surface area contributed by atoms with Gasteiger partial charge in [-0.1, -0.05) is 30.3 Å². The molecule has 1 amide bonds. The van der Waals surface area contributed by atoms with Crippen molar-refractivity contribution in [2.45, 2.75) is 18.5 Å². The molecule has 4 heteroatoms. The standard InChI is InChI=1S/C15H21N3O/c1-4-8-13(16)15(19)17-11-14(18(2)3)12-9-6-5-7-10-12/h1,5-7,9-10,13-14H,8,11,16H2,2-3H3,(H,17,19). The number of benzene rings is 1. The van der Waals surface area contributed by atoms with Crippen LogP contribution in [0.5, 0.6) is 0 Å². The van der Waals surface area contributed by atoms with Gasteiger partial charge in [-0.25, -0.2) is 0 Å². The van der Waals surface area contributed by atoms with Gasteiger partial charge in [-0.2, -0.15) is 0 Å². The van der Waals surface area contributed by atoms with Crippen molar-refractivity contribution in [2.75, 3.05) is 20.6 Å². The molecule has 0 aliphatic heterocycles. The monoisotopic (exact) mass is 259 g/mol. The van der Waals surface area contributed by atoms with Crippen molar-refractivity contribution in [1.82, 2.24) is 10.2 Å². The Hall–Kier alpha value is -1.83. The molecule has 1 aromatic rings. The van der Waals surface area contributed by atoms with E-state index in [0.29, 0.717) is 6.54 Å². The Morgan fingerprint density at radius 1 is 1.42 bits per heavy atom. The molecule has 0 heterocycles. The highest BCUT2D eigenvalue weighted by Gasteiger charge is 2.17. The highest BCUT2D eigenvalue weighted by Crippen LogP contribution is 2.16. The molecule has 0 bridgehead atoms. The molecule has 102 valence electrons. The summed E-state index contributed by atoms with van der Waals surface area (Å²) in [6, 6.07) is 9.50. The summed E-state index contributed by atoms with van der Waals surface area (Å²) >= 11 is 0. The number of nitrogens with one attached hydrogen (secondary N) is 1. The Kier molecular flexibility index (Phi) is 6.07. The zero-order valence-corrected chi connectivity index (χ0v) is 11.5. The lowest BCUT2D eigenvalue weighted by Crippen LogP contribution is -2.43. The van der Waals surface area contributed by atoms with E-state index >= 15 is 0 Å². The Labute approximate surface area is 115 Å². The van der Waals surface area contributed by atoms with Gasteiger partial charge in [-0.05, 0) is 19.7 Å². The van der Waals surface area contributed by atoms with Crippen LogP contribution in [0.1, 0.15) is 18.0 Å². The molecule has 0 aliphatic rings. The summed E-state index contributed by atoms with van der Waals surface area (Å²) in [5.41, 5.74) is 6.81. The molecule has 0 fully saturated rings. The third kappa shape index (κ3) is 4.74. The van der Waals surface area contributed by atoms with Crippen LogP contribution in [-0.2, 0) is 4.79 Å². The quantitative estimate of drug-likeness (QED) is 0.741. The zero-order chi connectivity index (χ0) is 14.3. The summed E-state index contributed by atoms with van der Waals surface area (Å²) in [5.74, 6) is 2.19. The van der Waals surface area contributed by atoms with Crippen LogP contribution < -0.4 is 11.1 Å². The molecule has 1 rings (SSSR count). The molecular formula is C15H21N3O. The van der Waals surface area contributed by atoms with E-state index in [4.69, 9.17) is 12.2 Å². The number of nitrogens with zero attached hydrogens (tertiary/aromatic N) is 1. The average molecular weight is 259 g/mol. The van der Waals surface area contributed by atoms with Gasteiger partial charge >= 0.3 is 0 Å². The van der Waals surface area contributed by atoms with E-state index in [0.717, 1.165) is 5.56 Å². The minimum atomic E-state index is -0.636. The molecule has 2 unspecified atom stereocenters. The van der Waals surface area contributed by atoms with Gasteiger partial charge in [0, 0.05) is 13.0 Å². The van der Waals surface area contributed by atoms with Crippen LogP contribution in [0.15, 0.2) is 30.3 Å². The predicted molar refractivity (Wildman–Crippen MR) is 77.3 cm³/mol. The SMILES string of the molecule is C#CCC(N)C(=O)NCC(c1ccccc1)N(C)C. The molecule has 1 aromatic carbocycles. The average Bonchev–Trinajstić information content (AvgIpc) is 2.39. The number of carbonyl (C=O) groups excluding carboxylic acids is 1. The lowest BCUT2D eigenvalue weighted by molar-refractivity contribution is -0.122. The Bertz CT molecular complexity index is 436. The first kappa shape index (κ1) is 15.2. The first-order valence-electron chi connectivity index (χ1n) is 6.24. The zero-order valence-electron chi connectivity index (χ0n) is 11.5. The summed E-state index contributed by atoms with van der Waals surface area (Å²) in [7, 11) is 3.95. The number of hydrogen-bond donors (Lipinski definition) is 2. The molecule has 0 aromatic heterocycles. The fourth-order valence-corrected chi connectivity index (χ4v) is 1.82. The van der Waals surface area contributed by atoms with Gasteiger partial charge in [0.05, 0.1) is 12.1 Å². The number of amides is 1. The fourth-order valence-electron chi connectivity index (χ4n) is 1.82. The van der Waals surface area contributed by atoms with Crippen molar-refractivity contribution >= 4 is 5.91 Å². The van der Waals surface area contributed by atoms with Crippen LogP contribution in [-0.4, -0.2) is 37.5 Å². The highest BCUT2D eigenvalue weighted by molar-refractivity contribution is 5.81. The first-order chi connectivity index (χ1) is 9.06. The normalized spacial score (nSPS) is 13.6. The minimum Gasteiger partial charge on any atom is -0.353 e. The number of carbonyl (C=O) groups is 1. The Morgan fingerprint density at radius 2 is 2.05 bits per heavy atom. The number of rotatable bonds is 6. The predicted octanol–water partition coefficient (Wildman–Crippen LogP) is 0.756. The van der Waals surface area contributed by atoms with Gasteiger partial charge in [0.2, 0.25) is 5.91 Å². The summed E-state index contributed by atoms with van der Waals surface area (Å²) < 4.78 is 0. The molecule has 19 heavy (non-hydrogen) atoms. The molecule has 4 nitrogen and oxygen atoms in total. The summed E-state index contributed by atoms with van der Waals surface area (Å²) in [5, 5.41) is 2.85. The Balaban J connectivity index is 2.62. The fraction of sp³-hybridized carbons (Fsp3) is 0.400. The van der Waals surface area contributed by atoms with Gasteiger partial charge in [0.25, 0.3) is 0 Å². The van der Waals surface area contributed by atoms with Gasteiger partial charge in [0.15, 0.2) is 0 Å². The van der Waals surface area contributed by atoms with E-state index in [1.54, 1.807) is 0 Å². The van der Waals surface area contributed by atoms with E-state index in [9.17, 15) is 4.79 Å². The lowest BCUT2D eigenvalue weighted by atomic mass is 10.1. The second-order valence-electron chi connectivity index (χ2n) is 4.65. The third-order valence-corrected chi connectivity index (χ3v) is 2.95. The molecule has 0 aliphatic carbocycles. The van der Waals surface area contributed by atoms with E-state index < -0.39 is 6.04 Å².